The molecule has 118 valence electrons. The number of fused-ring (bicyclic) bond motifs is 1. The molecule has 0 aliphatic rings. The average Bonchev–Trinajstić information content (AvgIpc) is 2.95. The molecule has 23 heavy (non-hydrogen) atoms. The van der Waals surface area contributed by atoms with Crippen LogP contribution in [-0.2, 0) is 11.3 Å². The highest BCUT2D eigenvalue weighted by Crippen LogP contribution is 2.05. The summed E-state index contributed by atoms with van der Waals surface area (Å²) >= 11 is 5.14. The standard InChI is InChI=1S/C15H15N5O2S/c1-10-8-16-19(9-10)7-6-13(21)18-20-14(22)11-4-2-3-5-12(11)17-15(20)23/h2-5,8-9H,6-7H2,1H3,(H,17,23)(H,18,21). The Morgan fingerprint density at radius 1 is 1.39 bits per heavy atom. The van der Waals surface area contributed by atoms with Gasteiger partial charge in [0.15, 0.2) is 4.77 Å². The quantitative estimate of drug-likeness (QED) is 0.714. The van der Waals surface area contributed by atoms with E-state index in [0.29, 0.717) is 17.4 Å². The van der Waals surface area contributed by atoms with Gasteiger partial charge >= 0.3 is 0 Å². The van der Waals surface area contributed by atoms with Crippen LogP contribution in [0.1, 0.15) is 12.0 Å². The Balaban J connectivity index is 1.79. The fourth-order valence-corrected chi connectivity index (χ4v) is 2.49. The Morgan fingerprint density at radius 2 is 2.17 bits per heavy atom. The van der Waals surface area contributed by atoms with Crippen LogP contribution in [0.3, 0.4) is 0 Å². The molecule has 1 aromatic carbocycles. The summed E-state index contributed by atoms with van der Waals surface area (Å²) < 4.78 is 2.89. The minimum atomic E-state index is -0.354. The van der Waals surface area contributed by atoms with Crippen LogP contribution in [0.15, 0.2) is 41.5 Å². The van der Waals surface area contributed by atoms with Crippen molar-refractivity contribution in [3.8, 4) is 0 Å². The molecule has 8 heteroatoms. The number of carbonyl (C=O) groups is 1. The highest BCUT2D eigenvalue weighted by Gasteiger charge is 2.09. The van der Waals surface area contributed by atoms with Crippen LogP contribution in [0.5, 0.6) is 0 Å². The third kappa shape index (κ3) is 3.21. The molecule has 0 fully saturated rings. The first-order valence-electron chi connectivity index (χ1n) is 7.07. The molecular formula is C15H15N5O2S. The van der Waals surface area contributed by atoms with E-state index in [0.717, 1.165) is 10.2 Å². The lowest BCUT2D eigenvalue weighted by atomic mass is 10.2. The maximum Gasteiger partial charge on any atom is 0.281 e. The van der Waals surface area contributed by atoms with E-state index in [2.05, 4.69) is 15.5 Å². The fraction of sp³-hybridized carbons (Fsp3) is 0.200. The summed E-state index contributed by atoms with van der Waals surface area (Å²) in [5.41, 5.74) is 3.85. The molecule has 3 aromatic rings. The van der Waals surface area contributed by atoms with E-state index in [1.54, 1.807) is 29.1 Å². The van der Waals surface area contributed by atoms with Gasteiger partial charge in [0.25, 0.3) is 5.56 Å². The second-order valence-electron chi connectivity index (χ2n) is 5.18. The van der Waals surface area contributed by atoms with E-state index < -0.39 is 0 Å². The van der Waals surface area contributed by atoms with Gasteiger partial charge in [0.05, 0.1) is 17.1 Å². The Kier molecular flexibility index (Phi) is 4.07. The molecule has 1 amide bonds. The Labute approximate surface area is 136 Å². The lowest BCUT2D eigenvalue weighted by molar-refractivity contribution is -0.117. The molecule has 0 atom stereocenters. The molecular weight excluding hydrogens is 314 g/mol. The zero-order valence-electron chi connectivity index (χ0n) is 12.4. The number of H-pyrrole nitrogens is 1. The van der Waals surface area contributed by atoms with E-state index >= 15 is 0 Å². The summed E-state index contributed by atoms with van der Waals surface area (Å²) in [5.74, 6) is -0.310. The second-order valence-corrected chi connectivity index (χ2v) is 5.57. The van der Waals surface area contributed by atoms with E-state index in [-0.39, 0.29) is 22.7 Å². The summed E-state index contributed by atoms with van der Waals surface area (Å²) in [6.07, 6.45) is 3.76. The van der Waals surface area contributed by atoms with E-state index in [9.17, 15) is 9.59 Å². The van der Waals surface area contributed by atoms with Crippen LogP contribution in [0.2, 0.25) is 0 Å². The number of hydrogen-bond acceptors (Lipinski definition) is 4. The number of aromatic nitrogens is 4. The number of aromatic amines is 1. The smallest absolute Gasteiger partial charge is 0.281 e. The predicted octanol–water partition coefficient (Wildman–Crippen LogP) is 1.72. The summed E-state index contributed by atoms with van der Waals surface area (Å²) in [6, 6.07) is 7.01. The third-order valence-corrected chi connectivity index (χ3v) is 3.66. The Morgan fingerprint density at radius 3 is 2.91 bits per heavy atom. The van der Waals surface area contributed by atoms with Crippen LogP contribution in [0.25, 0.3) is 10.9 Å². The second kappa shape index (κ2) is 6.17. The monoisotopic (exact) mass is 329 g/mol. The topological polar surface area (TPSA) is 84.7 Å². The Hall–Kier alpha value is -2.74. The number of hydrogen-bond donors (Lipinski definition) is 2. The number of nitrogens with one attached hydrogen (secondary N) is 2. The summed E-state index contributed by atoms with van der Waals surface area (Å²) in [5, 5.41) is 4.57. The van der Waals surface area contributed by atoms with Crippen molar-refractivity contribution in [2.75, 3.05) is 5.43 Å². The number of rotatable bonds is 4. The zero-order valence-corrected chi connectivity index (χ0v) is 13.3. The maximum atomic E-state index is 12.4. The van der Waals surface area contributed by atoms with Crippen molar-refractivity contribution in [2.24, 2.45) is 0 Å². The van der Waals surface area contributed by atoms with Crippen molar-refractivity contribution in [1.82, 2.24) is 19.4 Å². The minimum Gasteiger partial charge on any atom is -0.330 e. The summed E-state index contributed by atoms with van der Waals surface area (Å²) in [7, 11) is 0. The number of aryl methyl sites for hydroxylation is 2. The van der Waals surface area contributed by atoms with Crippen LogP contribution in [0.4, 0.5) is 0 Å². The minimum absolute atomic E-state index is 0.150. The van der Waals surface area contributed by atoms with Crippen molar-refractivity contribution in [3.05, 3.63) is 57.3 Å². The molecule has 0 saturated carbocycles. The molecule has 0 radical (unpaired) electrons. The number of benzene rings is 1. The fourth-order valence-electron chi connectivity index (χ4n) is 2.25. The Bertz CT molecular complexity index is 985. The number of para-hydroxylation sites is 1. The summed E-state index contributed by atoms with van der Waals surface area (Å²) in [6.45, 7) is 2.36. The molecule has 0 saturated heterocycles. The number of amides is 1. The number of nitrogens with zero attached hydrogens (tertiary/aromatic N) is 3. The van der Waals surface area contributed by atoms with Gasteiger partial charge in [-0.1, -0.05) is 12.1 Å². The predicted molar refractivity (Wildman–Crippen MR) is 89.3 cm³/mol. The van der Waals surface area contributed by atoms with Gasteiger partial charge in [0, 0.05) is 19.2 Å². The van der Waals surface area contributed by atoms with Crippen molar-refractivity contribution in [1.29, 1.82) is 0 Å². The lowest BCUT2D eigenvalue weighted by Gasteiger charge is -2.09. The van der Waals surface area contributed by atoms with Crippen molar-refractivity contribution >= 4 is 29.0 Å². The third-order valence-electron chi connectivity index (χ3n) is 3.37. The molecule has 2 heterocycles. The van der Waals surface area contributed by atoms with Gasteiger partial charge in [-0.25, -0.2) is 0 Å². The SMILES string of the molecule is Cc1cnn(CCC(=O)Nn2c(=S)[nH]c3ccccc3c2=O)c1. The number of carbonyl (C=O) groups excluding carboxylic acids is 1. The highest BCUT2D eigenvalue weighted by atomic mass is 32.1. The maximum absolute atomic E-state index is 12.4. The summed E-state index contributed by atoms with van der Waals surface area (Å²) in [4.78, 5) is 27.4. The molecule has 3 rings (SSSR count). The largest absolute Gasteiger partial charge is 0.330 e. The molecule has 0 bridgehead atoms. The first kappa shape index (κ1) is 15.2. The van der Waals surface area contributed by atoms with Crippen LogP contribution >= 0.6 is 12.2 Å². The van der Waals surface area contributed by atoms with E-state index in [1.165, 1.54) is 0 Å². The first-order valence-corrected chi connectivity index (χ1v) is 7.48. The van der Waals surface area contributed by atoms with Gasteiger partial charge in [-0.3, -0.25) is 19.7 Å². The van der Waals surface area contributed by atoms with Crippen molar-refractivity contribution < 1.29 is 4.79 Å². The molecule has 2 N–H and O–H groups in total. The molecule has 7 nitrogen and oxygen atoms in total. The van der Waals surface area contributed by atoms with E-state index in [1.807, 2.05) is 19.2 Å². The van der Waals surface area contributed by atoms with Gasteiger partial charge in [-0.2, -0.15) is 9.77 Å². The van der Waals surface area contributed by atoms with Crippen molar-refractivity contribution in [2.45, 2.75) is 19.9 Å². The molecule has 0 unspecified atom stereocenters. The zero-order chi connectivity index (χ0) is 16.4. The normalized spacial score (nSPS) is 10.8. The average molecular weight is 329 g/mol. The van der Waals surface area contributed by atoms with Crippen LogP contribution in [-0.4, -0.2) is 25.3 Å². The molecule has 2 aromatic heterocycles. The van der Waals surface area contributed by atoms with Crippen molar-refractivity contribution in [3.63, 3.8) is 0 Å². The van der Waals surface area contributed by atoms with Gasteiger partial charge in [-0.15, -0.1) is 0 Å². The van der Waals surface area contributed by atoms with Gasteiger partial charge in [0.1, 0.15) is 0 Å². The molecule has 0 aliphatic heterocycles. The molecule has 0 aliphatic carbocycles. The van der Waals surface area contributed by atoms with Crippen LogP contribution in [0, 0.1) is 11.7 Å². The van der Waals surface area contributed by atoms with Gasteiger partial charge in [-0.05, 0) is 36.8 Å². The van der Waals surface area contributed by atoms with Gasteiger partial charge in [0.2, 0.25) is 5.91 Å². The molecule has 0 spiro atoms. The first-order chi connectivity index (χ1) is 11.0. The highest BCUT2D eigenvalue weighted by molar-refractivity contribution is 7.71. The van der Waals surface area contributed by atoms with Gasteiger partial charge < -0.3 is 4.98 Å². The van der Waals surface area contributed by atoms with E-state index in [4.69, 9.17) is 12.2 Å². The van der Waals surface area contributed by atoms with Crippen LogP contribution < -0.4 is 11.0 Å². The lowest BCUT2D eigenvalue weighted by Crippen LogP contribution is -2.34.